The molecule has 0 spiro atoms. The maximum Gasteiger partial charge on any atom is 0.249 e. The van der Waals surface area contributed by atoms with Crippen LogP contribution in [-0.4, -0.2) is 81.7 Å². The van der Waals surface area contributed by atoms with Crippen molar-refractivity contribution < 1.29 is 27.5 Å². The summed E-state index contributed by atoms with van der Waals surface area (Å²) in [4.78, 5) is 42.3. The predicted molar refractivity (Wildman–Crippen MR) is 155 cm³/mol. The van der Waals surface area contributed by atoms with Gasteiger partial charge >= 0.3 is 0 Å². The first-order chi connectivity index (χ1) is 19.6. The molecular weight excluding hydrogens is 546 g/mol. The second-order valence-corrected chi connectivity index (χ2v) is 11.6. The summed E-state index contributed by atoms with van der Waals surface area (Å²) >= 11 is 0. The lowest BCUT2D eigenvalue weighted by Crippen LogP contribution is -2.56. The summed E-state index contributed by atoms with van der Waals surface area (Å²) < 4.78 is 32.2. The van der Waals surface area contributed by atoms with Gasteiger partial charge in [-0.3, -0.25) is 14.4 Å². The number of nitrogen functional groups attached to an aromatic ring is 1. The summed E-state index contributed by atoms with van der Waals surface area (Å²) in [7, 11) is -0.719. The van der Waals surface area contributed by atoms with Crippen LogP contribution >= 0.6 is 0 Å². The molecule has 3 aromatic carbocycles. The van der Waals surface area contributed by atoms with Gasteiger partial charge in [0.2, 0.25) is 27.7 Å². The van der Waals surface area contributed by atoms with Crippen LogP contribution in [-0.2, 0) is 30.8 Å². The van der Waals surface area contributed by atoms with E-state index in [4.69, 9.17) is 10.5 Å². The van der Waals surface area contributed by atoms with E-state index in [0.29, 0.717) is 17.1 Å². The Balaban J connectivity index is 1.42. The summed E-state index contributed by atoms with van der Waals surface area (Å²) in [5.74, 6) is -0.717. The second-order valence-electron chi connectivity index (χ2n) is 9.63. The first-order valence-electron chi connectivity index (χ1n) is 13.0. The Kier molecular flexibility index (Phi) is 9.25. The molecular formula is C29H33N5O6S. The Labute approximate surface area is 239 Å². The van der Waals surface area contributed by atoms with Gasteiger partial charge in [0.05, 0.1) is 25.1 Å². The molecule has 0 radical (unpaired) electrons. The number of hydrogen-bond acceptors (Lipinski definition) is 7. The van der Waals surface area contributed by atoms with Gasteiger partial charge in [0, 0.05) is 37.9 Å². The third kappa shape index (κ3) is 7.21. The molecule has 3 N–H and O–H groups in total. The van der Waals surface area contributed by atoms with Crippen molar-refractivity contribution in [2.24, 2.45) is 0 Å². The van der Waals surface area contributed by atoms with Crippen molar-refractivity contribution in [3.63, 3.8) is 0 Å². The molecule has 11 nitrogen and oxygen atoms in total. The molecule has 1 unspecified atom stereocenters. The molecule has 41 heavy (non-hydrogen) atoms. The molecule has 3 amide bonds. The number of anilines is 2. The first-order valence-corrected chi connectivity index (χ1v) is 14.4. The van der Waals surface area contributed by atoms with E-state index < -0.39 is 34.4 Å². The Hall–Kier alpha value is -4.42. The Morgan fingerprint density at radius 2 is 1.66 bits per heavy atom. The van der Waals surface area contributed by atoms with E-state index >= 15 is 0 Å². The second kappa shape index (κ2) is 12.8. The number of piperazine rings is 1. The standard InChI is InChI=1S/C29H33N5O6S/c1-32(23-10-12-24(40-2)13-11-23)29(37)26(18-21-6-4-3-5-7-21)31-27(35)19-33-16-17-34(20-28(33)36)41(38,39)25-14-8-22(30)9-15-25/h3-15,26H,16-20,30H2,1-2H3,(H,31,35). The van der Waals surface area contributed by atoms with Gasteiger partial charge in [-0.15, -0.1) is 0 Å². The van der Waals surface area contributed by atoms with Gasteiger partial charge < -0.3 is 25.6 Å². The molecule has 0 saturated carbocycles. The number of amides is 3. The van der Waals surface area contributed by atoms with E-state index in [0.717, 1.165) is 9.87 Å². The Morgan fingerprint density at radius 1 is 1.00 bits per heavy atom. The SMILES string of the molecule is COc1ccc(N(C)C(=O)C(Cc2ccccc2)NC(=O)CN2CCN(S(=O)(=O)c3ccc(N)cc3)CC2=O)cc1. The summed E-state index contributed by atoms with van der Waals surface area (Å²) in [6, 6.07) is 21.1. The van der Waals surface area contributed by atoms with E-state index in [1.54, 1.807) is 38.4 Å². The highest BCUT2D eigenvalue weighted by Crippen LogP contribution is 2.21. The molecule has 1 aliphatic heterocycles. The Bertz CT molecular complexity index is 1480. The molecule has 1 saturated heterocycles. The highest BCUT2D eigenvalue weighted by Gasteiger charge is 2.34. The lowest BCUT2D eigenvalue weighted by Gasteiger charge is -2.33. The van der Waals surface area contributed by atoms with Crippen LogP contribution in [0.4, 0.5) is 11.4 Å². The van der Waals surface area contributed by atoms with Gasteiger partial charge in [-0.1, -0.05) is 30.3 Å². The third-order valence-electron chi connectivity index (χ3n) is 6.84. The molecule has 12 heteroatoms. The number of carbonyl (C=O) groups excluding carboxylic acids is 3. The fourth-order valence-electron chi connectivity index (χ4n) is 4.48. The smallest absolute Gasteiger partial charge is 0.249 e. The fourth-order valence-corrected chi connectivity index (χ4v) is 5.86. The Morgan fingerprint density at radius 3 is 2.27 bits per heavy atom. The topological polar surface area (TPSA) is 142 Å². The van der Waals surface area contributed by atoms with Gasteiger partial charge in [0.1, 0.15) is 11.8 Å². The molecule has 3 aromatic rings. The molecule has 0 bridgehead atoms. The van der Waals surface area contributed by atoms with Crippen LogP contribution in [0.15, 0.2) is 83.8 Å². The zero-order valence-electron chi connectivity index (χ0n) is 22.9. The summed E-state index contributed by atoms with van der Waals surface area (Å²) in [5.41, 5.74) is 7.55. The van der Waals surface area contributed by atoms with E-state index in [-0.39, 0.29) is 36.9 Å². The molecule has 0 aliphatic carbocycles. The minimum atomic E-state index is -3.90. The largest absolute Gasteiger partial charge is 0.497 e. The van der Waals surface area contributed by atoms with E-state index in [2.05, 4.69) is 5.32 Å². The first kappa shape index (κ1) is 29.6. The van der Waals surface area contributed by atoms with Gasteiger partial charge in [0.25, 0.3) is 0 Å². The average molecular weight is 580 g/mol. The van der Waals surface area contributed by atoms with Crippen LogP contribution in [0.25, 0.3) is 0 Å². The van der Waals surface area contributed by atoms with Crippen molar-refractivity contribution >= 4 is 39.1 Å². The number of nitrogens with one attached hydrogen (secondary N) is 1. The molecule has 1 atom stereocenters. The van der Waals surface area contributed by atoms with Gasteiger partial charge in [0.15, 0.2) is 0 Å². The van der Waals surface area contributed by atoms with Crippen LogP contribution in [0.1, 0.15) is 5.56 Å². The van der Waals surface area contributed by atoms with E-state index in [1.807, 2.05) is 30.3 Å². The highest BCUT2D eigenvalue weighted by atomic mass is 32.2. The number of carbonyl (C=O) groups is 3. The molecule has 1 aliphatic rings. The zero-order chi connectivity index (χ0) is 29.6. The number of rotatable bonds is 10. The predicted octanol–water partition coefficient (Wildman–Crippen LogP) is 1.50. The number of ether oxygens (including phenoxy) is 1. The van der Waals surface area contributed by atoms with Crippen LogP contribution in [0.5, 0.6) is 5.75 Å². The fraction of sp³-hybridized carbons (Fsp3) is 0.276. The number of sulfonamides is 1. The van der Waals surface area contributed by atoms with Crippen LogP contribution in [0, 0.1) is 0 Å². The minimum absolute atomic E-state index is 0.0261. The van der Waals surface area contributed by atoms with Crippen molar-refractivity contribution in [3.8, 4) is 5.75 Å². The third-order valence-corrected chi connectivity index (χ3v) is 8.70. The zero-order valence-corrected chi connectivity index (χ0v) is 23.7. The van der Waals surface area contributed by atoms with Gasteiger partial charge in [-0.25, -0.2) is 8.42 Å². The number of nitrogens with zero attached hydrogens (tertiary/aromatic N) is 3. The van der Waals surface area contributed by atoms with Crippen molar-refractivity contribution in [2.45, 2.75) is 17.4 Å². The molecule has 216 valence electrons. The molecule has 0 aromatic heterocycles. The lowest BCUT2D eigenvalue weighted by molar-refractivity contribution is -0.139. The molecule has 1 heterocycles. The van der Waals surface area contributed by atoms with Gasteiger partial charge in [-0.05, 0) is 54.1 Å². The van der Waals surface area contributed by atoms with Gasteiger partial charge in [-0.2, -0.15) is 4.31 Å². The van der Waals surface area contributed by atoms with Crippen molar-refractivity contribution in [2.75, 3.05) is 51.0 Å². The molecule has 4 rings (SSSR count). The van der Waals surface area contributed by atoms with Crippen LogP contribution in [0.3, 0.4) is 0 Å². The van der Waals surface area contributed by atoms with Crippen molar-refractivity contribution in [1.29, 1.82) is 0 Å². The number of methoxy groups -OCH3 is 1. The van der Waals surface area contributed by atoms with Crippen molar-refractivity contribution in [3.05, 3.63) is 84.4 Å². The van der Waals surface area contributed by atoms with E-state index in [1.165, 1.54) is 34.1 Å². The minimum Gasteiger partial charge on any atom is -0.497 e. The maximum absolute atomic E-state index is 13.5. The quantitative estimate of drug-likeness (QED) is 0.347. The number of benzene rings is 3. The summed E-state index contributed by atoms with van der Waals surface area (Å²) in [5, 5.41) is 2.79. The number of nitrogens with two attached hydrogens (primary N) is 1. The number of hydrogen-bond donors (Lipinski definition) is 2. The summed E-state index contributed by atoms with van der Waals surface area (Å²) in [6.45, 7) is -0.645. The average Bonchev–Trinajstić information content (AvgIpc) is 2.98. The normalized spacial score (nSPS) is 14.8. The molecule has 1 fully saturated rings. The maximum atomic E-state index is 13.5. The van der Waals surface area contributed by atoms with E-state index in [9.17, 15) is 22.8 Å². The van der Waals surface area contributed by atoms with Crippen LogP contribution < -0.4 is 20.7 Å². The van der Waals surface area contributed by atoms with Crippen LogP contribution in [0.2, 0.25) is 0 Å². The lowest BCUT2D eigenvalue weighted by atomic mass is 10.0. The van der Waals surface area contributed by atoms with Crippen molar-refractivity contribution in [1.82, 2.24) is 14.5 Å². The number of likely N-dealkylation sites (N-methyl/N-ethyl adjacent to an activating group) is 1. The highest BCUT2D eigenvalue weighted by molar-refractivity contribution is 7.89. The summed E-state index contributed by atoms with van der Waals surface area (Å²) in [6.07, 6.45) is 0.244. The monoisotopic (exact) mass is 579 g/mol.